The van der Waals surface area contributed by atoms with Crippen molar-refractivity contribution in [2.45, 2.75) is 51.9 Å². The number of nitrogens with zero attached hydrogens (tertiary/aromatic N) is 1. The monoisotopic (exact) mass is 556 g/mol. The Morgan fingerprint density at radius 3 is 2.13 bits per heavy atom. The van der Waals surface area contributed by atoms with Gasteiger partial charge in [-0.3, -0.25) is 5.41 Å². The summed E-state index contributed by atoms with van der Waals surface area (Å²) in [6.45, 7) is 12.0. The molecule has 0 fully saturated rings. The van der Waals surface area contributed by atoms with Crippen LogP contribution in [0, 0.1) is 10.8 Å². The topological polar surface area (TPSA) is 80.4 Å². The second-order valence-corrected chi connectivity index (χ2v) is 10.5. The van der Waals surface area contributed by atoms with Crippen molar-refractivity contribution in [1.29, 1.82) is 10.8 Å². The van der Waals surface area contributed by atoms with Crippen LogP contribution in [0.4, 0.5) is 5.69 Å². The SMILES string of the molecule is CCN1/C(=C\C=N)C(C)(Cc2ccc(C(C)(C)C)cc2)c2cc(OC)ccc21.N=C(O)c1ccccc1.[Co]. The minimum absolute atomic E-state index is 0. The second kappa shape index (κ2) is 12.9. The van der Waals surface area contributed by atoms with Gasteiger partial charge in [-0.25, -0.2) is 0 Å². The van der Waals surface area contributed by atoms with E-state index in [2.05, 4.69) is 75.9 Å². The quantitative estimate of drug-likeness (QED) is 0.218. The summed E-state index contributed by atoms with van der Waals surface area (Å²) in [5.41, 5.74) is 6.80. The molecule has 6 heteroatoms. The van der Waals surface area contributed by atoms with E-state index >= 15 is 0 Å². The molecule has 0 bridgehead atoms. The van der Waals surface area contributed by atoms with E-state index in [0.29, 0.717) is 5.56 Å². The number of rotatable bonds is 6. The summed E-state index contributed by atoms with van der Waals surface area (Å²) >= 11 is 0. The van der Waals surface area contributed by atoms with Crippen LogP contribution >= 0.6 is 0 Å². The molecular formula is C32H39CoN3O2. The van der Waals surface area contributed by atoms with Gasteiger partial charge >= 0.3 is 0 Å². The average Bonchev–Trinajstić information content (AvgIpc) is 3.11. The maximum absolute atomic E-state index is 8.61. The number of aliphatic hydroxyl groups is 1. The van der Waals surface area contributed by atoms with Crippen molar-refractivity contribution in [1.82, 2.24) is 0 Å². The predicted octanol–water partition coefficient (Wildman–Crippen LogP) is 7.43. The van der Waals surface area contributed by atoms with Crippen LogP contribution in [0.3, 0.4) is 0 Å². The summed E-state index contributed by atoms with van der Waals surface area (Å²) in [6, 6.07) is 24.1. The number of allylic oxidation sites excluding steroid dienone is 2. The van der Waals surface area contributed by atoms with E-state index in [4.69, 9.17) is 20.7 Å². The fourth-order valence-corrected chi connectivity index (χ4v) is 4.89. The molecule has 0 aliphatic carbocycles. The average molecular weight is 557 g/mol. The number of hydrogen-bond acceptors (Lipinski definition) is 4. The molecule has 3 N–H and O–H groups in total. The first-order valence-corrected chi connectivity index (χ1v) is 12.6. The first-order valence-electron chi connectivity index (χ1n) is 12.6. The van der Waals surface area contributed by atoms with Gasteiger partial charge in [-0.2, -0.15) is 0 Å². The molecule has 0 amide bonds. The zero-order valence-corrected chi connectivity index (χ0v) is 24.2. The Hall–Kier alpha value is -3.35. The minimum atomic E-state index is -0.379. The molecule has 0 spiro atoms. The van der Waals surface area contributed by atoms with E-state index in [-0.39, 0.29) is 33.5 Å². The third-order valence-electron chi connectivity index (χ3n) is 6.93. The third-order valence-corrected chi connectivity index (χ3v) is 6.93. The molecule has 1 atom stereocenters. The van der Waals surface area contributed by atoms with Gasteiger partial charge in [-0.1, -0.05) is 63.2 Å². The van der Waals surface area contributed by atoms with Crippen molar-refractivity contribution < 1.29 is 26.6 Å². The number of nitrogens with one attached hydrogen (secondary N) is 2. The van der Waals surface area contributed by atoms with Gasteiger partial charge in [0.1, 0.15) is 5.75 Å². The fraction of sp³-hybridized carbons (Fsp3) is 0.312. The van der Waals surface area contributed by atoms with Crippen molar-refractivity contribution >= 4 is 17.8 Å². The number of likely N-dealkylation sites (N-methyl/N-ethyl adjacent to an activating group) is 1. The molecule has 5 nitrogen and oxygen atoms in total. The van der Waals surface area contributed by atoms with Crippen LogP contribution in [-0.4, -0.2) is 30.9 Å². The number of hydrogen-bond donors (Lipinski definition) is 3. The van der Waals surface area contributed by atoms with Crippen LogP contribution < -0.4 is 9.64 Å². The molecule has 0 saturated carbocycles. The summed E-state index contributed by atoms with van der Waals surface area (Å²) in [5.74, 6) is 0.496. The Morgan fingerprint density at radius 2 is 1.66 bits per heavy atom. The van der Waals surface area contributed by atoms with Crippen LogP contribution in [-0.2, 0) is 34.0 Å². The zero-order valence-electron chi connectivity index (χ0n) is 23.1. The van der Waals surface area contributed by atoms with Crippen LogP contribution in [0.15, 0.2) is 84.6 Å². The van der Waals surface area contributed by atoms with E-state index in [1.54, 1.807) is 31.4 Å². The van der Waals surface area contributed by atoms with E-state index in [0.717, 1.165) is 18.7 Å². The molecule has 4 rings (SSSR count). The van der Waals surface area contributed by atoms with Gasteiger partial charge in [-0.15, -0.1) is 0 Å². The van der Waals surface area contributed by atoms with Crippen LogP contribution in [0.1, 0.15) is 56.9 Å². The fourth-order valence-electron chi connectivity index (χ4n) is 4.89. The Bertz CT molecular complexity index is 1260. The Kier molecular flexibility index (Phi) is 10.5. The molecule has 1 radical (unpaired) electrons. The number of anilines is 1. The van der Waals surface area contributed by atoms with Crippen molar-refractivity contribution in [3.63, 3.8) is 0 Å². The van der Waals surface area contributed by atoms with Crippen LogP contribution in [0.5, 0.6) is 5.75 Å². The molecule has 0 saturated heterocycles. The normalized spacial score (nSPS) is 17.1. The van der Waals surface area contributed by atoms with Gasteiger partial charge in [0.2, 0.25) is 5.90 Å². The van der Waals surface area contributed by atoms with Gasteiger partial charge in [0.05, 0.1) is 7.11 Å². The predicted molar refractivity (Wildman–Crippen MR) is 155 cm³/mol. The summed E-state index contributed by atoms with van der Waals surface area (Å²) in [4.78, 5) is 2.32. The maximum Gasteiger partial charge on any atom is 0.210 e. The van der Waals surface area contributed by atoms with E-state index in [9.17, 15) is 0 Å². The third kappa shape index (κ3) is 6.74. The second-order valence-electron chi connectivity index (χ2n) is 10.5. The number of fused-ring (bicyclic) bond motifs is 1. The maximum atomic E-state index is 8.61. The van der Waals surface area contributed by atoms with Crippen molar-refractivity contribution in [3.8, 4) is 5.75 Å². The smallest absolute Gasteiger partial charge is 0.210 e. The Labute approximate surface area is 237 Å². The van der Waals surface area contributed by atoms with Gasteiger partial charge in [0.15, 0.2) is 0 Å². The number of aliphatic hydroxyl groups excluding tert-OH is 1. The summed E-state index contributed by atoms with van der Waals surface area (Å²) in [7, 11) is 1.71. The van der Waals surface area contributed by atoms with Crippen molar-refractivity contribution in [3.05, 3.63) is 107 Å². The zero-order chi connectivity index (χ0) is 27.2. The molecule has 1 heterocycles. The number of methoxy groups -OCH3 is 1. The molecule has 1 unspecified atom stereocenters. The Morgan fingerprint density at radius 1 is 1.03 bits per heavy atom. The van der Waals surface area contributed by atoms with Gasteiger partial charge < -0.3 is 20.2 Å². The molecule has 203 valence electrons. The van der Waals surface area contributed by atoms with E-state index in [1.165, 1.54) is 34.3 Å². The molecule has 38 heavy (non-hydrogen) atoms. The largest absolute Gasteiger partial charge is 0.497 e. The van der Waals surface area contributed by atoms with Gasteiger partial charge in [-0.05, 0) is 78.8 Å². The van der Waals surface area contributed by atoms with E-state index < -0.39 is 0 Å². The van der Waals surface area contributed by atoms with Crippen molar-refractivity contribution in [2.24, 2.45) is 0 Å². The van der Waals surface area contributed by atoms with E-state index in [1.807, 2.05) is 18.2 Å². The van der Waals surface area contributed by atoms with Gasteiger partial charge in [0.25, 0.3) is 0 Å². The summed E-state index contributed by atoms with van der Waals surface area (Å²) in [5, 5.41) is 23.1. The molecule has 3 aromatic carbocycles. The Balaban J connectivity index is 0.000000430. The molecule has 3 aromatic rings. The molecule has 0 aromatic heterocycles. The first-order chi connectivity index (χ1) is 17.5. The summed E-state index contributed by atoms with van der Waals surface area (Å²) in [6.07, 6.45) is 4.23. The minimum Gasteiger partial charge on any atom is -0.497 e. The van der Waals surface area contributed by atoms with Crippen LogP contribution in [0.25, 0.3) is 0 Å². The molecule has 1 aliphatic heterocycles. The van der Waals surface area contributed by atoms with Gasteiger partial charge in [0, 0.05) is 51.9 Å². The molecule has 1 aliphatic rings. The van der Waals surface area contributed by atoms with Crippen LogP contribution in [0.2, 0.25) is 0 Å². The standard InChI is InChI=1S/C25H32N2O.C7H7NO.Co/c1-7-27-22-13-12-20(28-6)16-21(22)25(5,23(27)14-15-26)17-18-8-10-19(11-9-18)24(2,3)4;8-7(9)6-4-2-1-3-5-6;/h8-16,26H,7,17H2,1-6H3;1-5H,(H2,8,9);/b23-14-,26-15?;;. The number of ether oxygens (including phenoxy) is 1. The van der Waals surface area contributed by atoms with Crippen molar-refractivity contribution in [2.75, 3.05) is 18.6 Å². The number of benzene rings is 3. The summed E-state index contributed by atoms with van der Waals surface area (Å²) < 4.78 is 5.52. The first kappa shape index (κ1) is 30.9. The molecular weight excluding hydrogens is 517 g/mol.